The van der Waals surface area contributed by atoms with Crippen molar-refractivity contribution in [3.05, 3.63) is 88.2 Å². The zero-order valence-electron chi connectivity index (χ0n) is 24.9. The Bertz CT molecular complexity index is 1050. The molecule has 0 atom stereocenters. The van der Waals surface area contributed by atoms with Gasteiger partial charge < -0.3 is 0 Å². The smallest absolute Gasteiger partial charge is 0.0849 e. The first-order chi connectivity index (χ1) is 16.8. The fraction of sp³-hybridized carbons (Fsp3) is 0.387. The minimum absolute atomic E-state index is 0. The molecular formula is C31H47N3P2Ru+2. The summed E-state index contributed by atoms with van der Waals surface area (Å²) < 4.78 is 0. The molecule has 0 spiro atoms. The first-order valence-electron chi connectivity index (χ1n) is 12.6. The fourth-order valence-corrected chi connectivity index (χ4v) is 3.25. The molecule has 0 unspecified atom stereocenters. The quantitative estimate of drug-likeness (QED) is 0.162. The maximum Gasteiger partial charge on any atom is 0.0849 e. The van der Waals surface area contributed by atoms with Crippen LogP contribution in [-0.2, 0) is 19.5 Å². The molecule has 3 aromatic rings. The molecule has 0 aliphatic carbocycles. The molecule has 0 aliphatic heterocycles. The van der Waals surface area contributed by atoms with Gasteiger partial charge >= 0.3 is 0 Å². The molecule has 0 fully saturated rings. The summed E-state index contributed by atoms with van der Waals surface area (Å²) in [4.78, 5) is 14.5. The van der Waals surface area contributed by atoms with E-state index >= 15 is 0 Å². The minimum atomic E-state index is 0. The van der Waals surface area contributed by atoms with E-state index in [4.69, 9.17) is 15.0 Å². The van der Waals surface area contributed by atoms with Gasteiger partial charge in [-0.2, -0.15) is 0 Å². The van der Waals surface area contributed by atoms with Gasteiger partial charge in [0.15, 0.2) is 0 Å². The van der Waals surface area contributed by atoms with E-state index in [1.807, 2.05) is 32.0 Å². The van der Waals surface area contributed by atoms with E-state index in [1.54, 1.807) is 0 Å². The van der Waals surface area contributed by atoms with Crippen molar-refractivity contribution in [2.75, 3.05) is 40.0 Å². The SMILES string of the molecule is CC(=Nc1c(C)cccc1C)c1cccc(C(C)=Nc2c(C)cccc2C)n1.C[PH+](C)C.C[PH+](C)C.[Ru]. The Balaban J connectivity index is 0.00000127. The predicted molar refractivity (Wildman–Crippen MR) is 172 cm³/mol. The van der Waals surface area contributed by atoms with E-state index in [9.17, 15) is 0 Å². The Kier molecular flexibility index (Phi) is 17.1. The molecular weight excluding hydrogens is 577 g/mol. The molecule has 202 valence electrons. The summed E-state index contributed by atoms with van der Waals surface area (Å²) in [5, 5.41) is 0. The Labute approximate surface area is 242 Å². The number of para-hydroxylation sites is 2. The van der Waals surface area contributed by atoms with Crippen molar-refractivity contribution in [1.29, 1.82) is 0 Å². The number of nitrogens with zero attached hydrogens (tertiary/aromatic N) is 3. The summed E-state index contributed by atoms with van der Waals surface area (Å²) in [6.45, 7) is 26.0. The number of aryl methyl sites for hydroxylation is 4. The van der Waals surface area contributed by atoms with Gasteiger partial charge in [-0.05, 0) is 91.8 Å². The molecule has 37 heavy (non-hydrogen) atoms. The van der Waals surface area contributed by atoms with E-state index < -0.39 is 0 Å². The van der Waals surface area contributed by atoms with Gasteiger partial charge in [0.05, 0.1) is 34.2 Å². The molecule has 1 heterocycles. The molecule has 0 saturated carbocycles. The molecule has 2 aromatic carbocycles. The van der Waals surface area contributed by atoms with Crippen LogP contribution < -0.4 is 0 Å². The van der Waals surface area contributed by atoms with E-state index in [0.717, 1.165) is 34.2 Å². The van der Waals surface area contributed by atoms with Gasteiger partial charge in [-0.1, -0.05) is 42.5 Å². The number of aliphatic imine (C=N–C) groups is 2. The molecule has 0 bridgehead atoms. The number of hydrogen-bond donors (Lipinski definition) is 0. The fourth-order valence-electron chi connectivity index (χ4n) is 3.25. The normalized spacial score (nSPS) is 11.3. The number of pyridine rings is 1. The van der Waals surface area contributed by atoms with Crippen LogP contribution in [0, 0.1) is 27.7 Å². The second-order valence-electron chi connectivity index (χ2n) is 10.3. The second-order valence-corrected chi connectivity index (χ2v) is 16.3. The summed E-state index contributed by atoms with van der Waals surface area (Å²) in [5.74, 6) is 0. The Hall–Kier alpha value is -1.59. The number of aromatic nitrogens is 1. The van der Waals surface area contributed by atoms with Gasteiger partial charge in [0.2, 0.25) is 0 Å². The van der Waals surface area contributed by atoms with Crippen molar-refractivity contribution in [3.63, 3.8) is 0 Å². The monoisotopic (exact) mass is 625 g/mol. The Morgan fingerprint density at radius 3 is 1.05 bits per heavy atom. The third-order valence-electron chi connectivity index (χ3n) is 4.93. The summed E-state index contributed by atoms with van der Waals surface area (Å²) in [6.07, 6.45) is 0. The molecule has 3 nitrogen and oxygen atoms in total. The van der Waals surface area contributed by atoms with Crippen LogP contribution in [0.25, 0.3) is 0 Å². The van der Waals surface area contributed by atoms with Gasteiger partial charge in [0.25, 0.3) is 0 Å². The summed E-state index contributed by atoms with van der Waals surface area (Å²) in [5.41, 5.74) is 10.3. The van der Waals surface area contributed by atoms with E-state index in [0.29, 0.717) is 0 Å². The molecule has 0 amide bonds. The van der Waals surface area contributed by atoms with Crippen LogP contribution in [-0.4, -0.2) is 56.4 Å². The van der Waals surface area contributed by atoms with Crippen LogP contribution in [0.1, 0.15) is 47.5 Å². The van der Waals surface area contributed by atoms with Crippen molar-refractivity contribution >= 4 is 38.6 Å². The van der Waals surface area contributed by atoms with Crippen molar-refractivity contribution < 1.29 is 19.5 Å². The van der Waals surface area contributed by atoms with E-state index in [2.05, 4.69) is 104 Å². The standard InChI is InChI=1S/C25H27N3.2C3H9P.Ru/c1-16-10-7-11-17(2)24(16)26-20(5)22-14-9-15-23(28-22)21(6)27-25-18(3)12-8-13-19(25)4;2*1-4(2)3;/h7-15H,1-6H3;2*1-3H3;/p+2. The minimum Gasteiger partial charge on any atom is -0.251 e. The third kappa shape index (κ3) is 13.2. The maximum atomic E-state index is 4.86. The Morgan fingerprint density at radius 1 is 0.541 bits per heavy atom. The van der Waals surface area contributed by atoms with Gasteiger partial charge in [0.1, 0.15) is 0 Å². The van der Waals surface area contributed by atoms with Gasteiger partial charge in [-0.15, -0.1) is 0 Å². The number of rotatable bonds is 4. The molecule has 6 heteroatoms. The number of hydrogen-bond acceptors (Lipinski definition) is 3. The first kappa shape index (κ1) is 35.4. The summed E-state index contributed by atoms with van der Waals surface area (Å²) in [7, 11) is 0.241. The van der Waals surface area contributed by atoms with Crippen LogP contribution in [0.3, 0.4) is 0 Å². The predicted octanol–water partition coefficient (Wildman–Crippen LogP) is 8.77. The number of benzene rings is 2. The zero-order chi connectivity index (χ0) is 27.4. The van der Waals surface area contributed by atoms with Crippen molar-refractivity contribution in [3.8, 4) is 0 Å². The molecule has 0 N–H and O–H groups in total. The second kappa shape index (κ2) is 17.8. The average molecular weight is 625 g/mol. The van der Waals surface area contributed by atoms with Crippen LogP contribution in [0.4, 0.5) is 11.4 Å². The first-order valence-corrected chi connectivity index (χ1v) is 18.6. The topological polar surface area (TPSA) is 37.6 Å². The van der Waals surface area contributed by atoms with Gasteiger partial charge in [0, 0.05) is 59.5 Å². The van der Waals surface area contributed by atoms with Crippen LogP contribution in [0.5, 0.6) is 0 Å². The molecule has 0 radical (unpaired) electrons. The molecule has 3 rings (SSSR count). The van der Waals surface area contributed by atoms with E-state index in [1.165, 1.54) is 22.3 Å². The summed E-state index contributed by atoms with van der Waals surface area (Å²) >= 11 is 0. The third-order valence-corrected chi connectivity index (χ3v) is 4.93. The average Bonchev–Trinajstić information content (AvgIpc) is 2.78. The molecule has 0 saturated heterocycles. The maximum absolute atomic E-state index is 4.86. The zero-order valence-corrected chi connectivity index (χ0v) is 28.6. The largest absolute Gasteiger partial charge is 0.251 e. The molecule has 1 aromatic heterocycles. The Morgan fingerprint density at radius 2 is 0.784 bits per heavy atom. The van der Waals surface area contributed by atoms with Crippen LogP contribution in [0.15, 0.2) is 64.6 Å². The van der Waals surface area contributed by atoms with Crippen molar-refractivity contribution in [2.24, 2.45) is 9.98 Å². The summed E-state index contributed by atoms with van der Waals surface area (Å²) in [6, 6.07) is 18.5. The van der Waals surface area contributed by atoms with Crippen molar-refractivity contribution in [1.82, 2.24) is 4.98 Å². The van der Waals surface area contributed by atoms with Gasteiger partial charge in [-0.25, -0.2) is 4.98 Å². The van der Waals surface area contributed by atoms with Crippen LogP contribution in [0.2, 0.25) is 0 Å². The van der Waals surface area contributed by atoms with E-state index in [-0.39, 0.29) is 35.3 Å². The molecule has 0 aliphatic rings. The van der Waals surface area contributed by atoms with Crippen molar-refractivity contribution in [2.45, 2.75) is 41.5 Å². The van der Waals surface area contributed by atoms with Crippen LogP contribution >= 0.6 is 15.8 Å². The van der Waals surface area contributed by atoms with Gasteiger partial charge in [-0.3, -0.25) is 9.98 Å².